The Kier molecular flexibility index (Phi) is 6.59. The number of anilines is 1. The summed E-state index contributed by atoms with van der Waals surface area (Å²) in [6, 6.07) is 1.69. The highest BCUT2D eigenvalue weighted by molar-refractivity contribution is 7.21. The van der Waals surface area contributed by atoms with Gasteiger partial charge in [0.05, 0.1) is 46.5 Å². The van der Waals surface area contributed by atoms with E-state index < -0.39 is 5.91 Å². The van der Waals surface area contributed by atoms with E-state index in [0.29, 0.717) is 16.1 Å². The van der Waals surface area contributed by atoms with Crippen molar-refractivity contribution in [1.82, 2.24) is 29.3 Å². The lowest BCUT2D eigenvalue weighted by Gasteiger charge is -2.26. The molecule has 10 nitrogen and oxygen atoms in total. The van der Waals surface area contributed by atoms with Crippen molar-refractivity contribution in [2.24, 2.45) is 12.8 Å². The van der Waals surface area contributed by atoms with Crippen molar-refractivity contribution in [1.29, 1.82) is 0 Å². The highest BCUT2D eigenvalue weighted by Gasteiger charge is 2.25. The molecule has 3 N–H and O–H groups in total. The number of rotatable bonds is 6. The molecule has 4 aromatic rings. The normalized spacial score (nSPS) is 15.6. The number of nitrogens with zero attached hydrogens (tertiary/aromatic N) is 6. The monoisotopic (exact) mass is 506 g/mol. The fourth-order valence-electron chi connectivity index (χ4n) is 4.71. The predicted molar refractivity (Wildman–Crippen MR) is 140 cm³/mol. The SMILES string of the molecule is Cc1ncc(NC(=O)C(C)N2CCCCCC2)cc1-c1c(-c2cnn(C)c2)sc2c(C(N)=O)cnn12. The molecule has 1 atom stereocenters. The second-order valence-corrected chi connectivity index (χ2v) is 10.3. The molecule has 0 radical (unpaired) electrons. The van der Waals surface area contributed by atoms with Crippen LogP contribution in [0.4, 0.5) is 5.69 Å². The molecule has 36 heavy (non-hydrogen) atoms. The quantitative estimate of drug-likeness (QED) is 0.413. The zero-order valence-corrected chi connectivity index (χ0v) is 21.5. The predicted octanol–water partition coefficient (Wildman–Crippen LogP) is 3.47. The maximum absolute atomic E-state index is 13.1. The average molecular weight is 507 g/mol. The lowest BCUT2D eigenvalue weighted by atomic mass is 10.1. The largest absolute Gasteiger partial charge is 0.365 e. The maximum atomic E-state index is 13.1. The first-order chi connectivity index (χ1) is 17.3. The van der Waals surface area contributed by atoms with Crippen LogP contribution in [0.3, 0.4) is 0 Å². The molecule has 0 bridgehead atoms. The third-order valence-corrected chi connectivity index (χ3v) is 7.98. The molecule has 11 heteroatoms. The van der Waals surface area contributed by atoms with Gasteiger partial charge < -0.3 is 11.1 Å². The molecule has 2 amide bonds. The van der Waals surface area contributed by atoms with E-state index in [1.807, 2.05) is 33.2 Å². The second-order valence-electron chi connectivity index (χ2n) is 9.29. The van der Waals surface area contributed by atoms with Crippen molar-refractivity contribution in [3.05, 3.63) is 42.1 Å². The molecule has 0 aliphatic carbocycles. The number of carbonyl (C=O) groups excluding carboxylic acids is 2. The van der Waals surface area contributed by atoms with E-state index in [9.17, 15) is 9.59 Å². The summed E-state index contributed by atoms with van der Waals surface area (Å²) >= 11 is 1.43. The van der Waals surface area contributed by atoms with Gasteiger partial charge in [0.2, 0.25) is 5.91 Å². The van der Waals surface area contributed by atoms with Gasteiger partial charge in [-0.15, -0.1) is 11.3 Å². The molecule has 0 saturated carbocycles. The van der Waals surface area contributed by atoms with E-state index in [2.05, 4.69) is 25.4 Å². The third kappa shape index (κ3) is 4.51. The van der Waals surface area contributed by atoms with Crippen LogP contribution >= 0.6 is 11.3 Å². The van der Waals surface area contributed by atoms with E-state index in [4.69, 9.17) is 5.73 Å². The van der Waals surface area contributed by atoms with Crippen LogP contribution in [-0.4, -0.2) is 60.2 Å². The van der Waals surface area contributed by atoms with Gasteiger partial charge in [-0.25, -0.2) is 4.52 Å². The number of nitrogens with two attached hydrogens (primary N) is 1. The zero-order chi connectivity index (χ0) is 25.4. The number of aryl methyl sites for hydroxylation is 2. The Morgan fingerprint density at radius 3 is 2.53 bits per heavy atom. The lowest BCUT2D eigenvalue weighted by molar-refractivity contribution is -0.120. The topological polar surface area (TPSA) is 123 Å². The van der Waals surface area contributed by atoms with Crippen LogP contribution < -0.4 is 11.1 Å². The summed E-state index contributed by atoms with van der Waals surface area (Å²) in [7, 11) is 1.85. The first kappa shape index (κ1) is 24.1. The summed E-state index contributed by atoms with van der Waals surface area (Å²) in [6.45, 7) is 5.75. The number of aromatic nitrogens is 5. The average Bonchev–Trinajstić information content (AvgIpc) is 3.48. The molecule has 5 rings (SSSR count). The molecular weight excluding hydrogens is 476 g/mol. The fraction of sp³-hybridized carbons (Fsp3) is 0.400. The molecule has 1 aliphatic rings. The number of carbonyl (C=O) groups is 2. The molecule has 4 aromatic heterocycles. The number of amides is 2. The van der Waals surface area contributed by atoms with Gasteiger partial charge in [0, 0.05) is 30.1 Å². The summed E-state index contributed by atoms with van der Waals surface area (Å²) in [4.78, 5) is 33.5. The van der Waals surface area contributed by atoms with Gasteiger partial charge in [0.1, 0.15) is 4.83 Å². The standard InChI is InChI=1S/C25H30N8O2S/c1-15-19(10-18(12-27-15)30-24(35)16(2)32-8-6-4-5-7-9-32)21-22(17-11-28-31(3)14-17)36-25-20(23(26)34)13-29-33(21)25/h10-14,16H,4-9H2,1-3H3,(H2,26,34)(H,30,35). The third-order valence-electron chi connectivity index (χ3n) is 6.76. The van der Waals surface area contributed by atoms with Crippen LogP contribution in [0.5, 0.6) is 0 Å². The van der Waals surface area contributed by atoms with Crippen LogP contribution in [0, 0.1) is 6.92 Å². The summed E-state index contributed by atoms with van der Waals surface area (Å²) in [5, 5.41) is 11.9. The Hall–Kier alpha value is -3.57. The molecule has 188 valence electrons. The Bertz CT molecular complexity index is 1430. The minimum Gasteiger partial charge on any atom is -0.365 e. The van der Waals surface area contributed by atoms with E-state index >= 15 is 0 Å². The van der Waals surface area contributed by atoms with Crippen molar-refractivity contribution < 1.29 is 9.59 Å². The van der Waals surface area contributed by atoms with Gasteiger partial charge in [0.15, 0.2) is 0 Å². The molecule has 0 aromatic carbocycles. The van der Waals surface area contributed by atoms with Crippen LogP contribution in [0.1, 0.15) is 48.7 Å². The zero-order valence-electron chi connectivity index (χ0n) is 20.7. The van der Waals surface area contributed by atoms with Crippen molar-refractivity contribution in [2.75, 3.05) is 18.4 Å². The highest BCUT2D eigenvalue weighted by atomic mass is 32.1. The summed E-state index contributed by atoms with van der Waals surface area (Å²) in [5.74, 6) is -0.583. The summed E-state index contributed by atoms with van der Waals surface area (Å²) in [5.41, 5.74) is 9.82. The maximum Gasteiger partial charge on any atom is 0.253 e. The first-order valence-electron chi connectivity index (χ1n) is 12.1. The summed E-state index contributed by atoms with van der Waals surface area (Å²) < 4.78 is 3.45. The van der Waals surface area contributed by atoms with E-state index in [-0.39, 0.29) is 11.9 Å². The smallest absolute Gasteiger partial charge is 0.253 e. The Morgan fingerprint density at radius 1 is 1.11 bits per heavy atom. The molecular formula is C25H30N8O2S. The fourth-order valence-corrected chi connectivity index (χ4v) is 5.91. The molecule has 0 spiro atoms. The van der Waals surface area contributed by atoms with Crippen LogP contribution in [0.25, 0.3) is 26.5 Å². The van der Waals surface area contributed by atoms with Gasteiger partial charge in [-0.2, -0.15) is 10.2 Å². The Balaban J connectivity index is 1.54. The molecule has 1 unspecified atom stereocenters. The van der Waals surface area contributed by atoms with Crippen LogP contribution in [0.2, 0.25) is 0 Å². The number of hydrogen-bond donors (Lipinski definition) is 2. The lowest BCUT2D eigenvalue weighted by Crippen LogP contribution is -2.42. The number of primary amides is 1. The number of pyridine rings is 1. The van der Waals surface area contributed by atoms with Crippen LogP contribution in [-0.2, 0) is 11.8 Å². The van der Waals surface area contributed by atoms with Crippen molar-refractivity contribution >= 4 is 33.7 Å². The van der Waals surface area contributed by atoms with E-state index in [1.165, 1.54) is 30.4 Å². The molecule has 1 saturated heterocycles. The van der Waals surface area contributed by atoms with E-state index in [0.717, 1.165) is 53.3 Å². The minimum absolute atomic E-state index is 0.0495. The highest BCUT2D eigenvalue weighted by Crippen LogP contribution is 2.41. The van der Waals surface area contributed by atoms with Gasteiger partial charge in [0.25, 0.3) is 5.91 Å². The molecule has 1 aliphatic heterocycles. The van der Waals surface area contributed by atoms with Crippen molar-refractivity contribution in [3.63, 3.8) is 0 Å². The number of fused-ring (bicyclic) bond motifs is 1. The first-order valence-corrected chi connectivity index (χ1v) is 13.0. The van der Waals surface area contributed by atoms with Gasteiger partial charge >= 0.3 is 0 Å². The number of nitrogens with one attached hydrogen (secondary N) is 1. The summed E-state index contributed by atoms with van der Waals surface area (Å²) in [6.07, 6.45) is 11.5. The van der Waals surface area contributed by atoms with E-state index in [1.54, 1.807) is 21.6 Å². The number of likely N-dealkylation sites (tertiary alicyclic amines) is 1. The van der Waals surface area contributed by atoms with Crippen molar-refractivity contribution in [3.8, 4) is 21.7 Å². The Morgan fingerprint density at radius 2 is 1.86 bits per heavy atom. The second kappa shape index (κ2) is 9.82. The number of thiazole rings is 1. The minimum atomic E-state index is -0.533. The van der Waals surface area contributed by atoms with Crippen LogP contribution in [0.15, 0.2) is 30.9 Å². The van der Waals surface area contributed by atoms with Gasteiger partial charge in [-0.1, -0.05) is 12.8 Å². The van der Waals surface area contributed by atoms with Crippen molar-refractivity contribution in [2.45, 2.75) is 45.6 Å². The molecule has 5 heterocycles. The van der Waals surface area contributed by atoms with Gasteiger partial charge in [-0.3, -0.25) is 24.2 Å². The Labute approximate surface area is 213 Å². The van der Waals surface area contributed by atoms with Gasteiger partial charge in [-0.05, 0) is 45.8 Å². The number of hydrogen-bond acceptors (Lipinski definition) is 7. The molecule has 1 fully saturated rings.